The molecule has 1 saturated carbocycles. The molecule has 1 aromatic rings. The first-order valence-electron chi connectivity index (χ1n) is 6.49. The van der Waals surface area contributed by atoms with Crippen molar-refractivity contribution in [3.63, 3.8) is 0 Å². The Morgan fingerprint density at radius 2 is 1.68 bits per heavy atom. The SMILES string of the molecule is COC(=O)C1(c2ccc(OC)c(OC)c2)CCCC1. The zero-order valence-electron chi connectivity index (χ0n) is 11.7. The fourth-order valence-electron chi connectivity index (χ4n) is 2.92. The maximum absolute atomic E-state index is 12.2. The zero-order valence-corrected chi connectivity index (χ0v) is 11.7. The van der Waals surface area contributed by atoms with Gasteiger partial charge in [0.05, 0.1) is 26.7 Å². The van der Waals surface area contributed by atoms with Crippen molar-refractivity contribution in [1.29, 1.82) is 0 Å². The summed E-state index contributed by atoms with van der Waals surface area (Å²) in [5, 5.41) is 0. The number of benzene rings is 1. The lowest BCUT2D eigenvalue weighted by molar-refractivity contribution is -0.147. The minimum absolute atomic E-state index is 0.155. The van der Waals surface area contributed by atoms with E-state index in [2.05, 4.69) is 0 Å². The van der Waals surface area contributed by atoms with Gasteiger partial charge in [0.1, 0.15) is 0 Å². The van der Waals surface area contributed by atoms with E-state index >= 15 is 0 Å². The first kappa shape index (κ1) is 13.7. The van der Waals surface area contributed by atoms with Crippen molar-refractivity contribution in [3.8, 4) is 11.5 Å². The van der Waals surface area contributed by atoms with Gasteiger partial charge in [0.25, 0.3) is 0 Å². The summed E-state index contributed by atoms with van der Waals surface area (Å²) in [5.41, 5.74) is 0.434. The molecular formula is C15H20O4. The molecule has 0 radical (unpaired) electrons. The standard InChI is InChI=1S/C15H20O4/c1-17-12-7-6-11(10-13(12)18-2)15(14(16)19-3)8-4-5-9-15/h6-7,10H,4-5,8-9H2,1-3H3. The van der Waals surface area contributed by atoms with Gasteiger partial charge in [-0.05, 0) is 30.5 Å². The van der Waals surface area contributed by atoms with Gasteiger partial charge in [-0.1, -0.05) is 18.9 Å². The minimum atomic E-state index is -0.520. The summed E-state index contributed by atoms with van der Waals surface area (Å²) in [6.07, 6.45) is 3.75. The van der Waals surface area contributed by atoms with Crippen molar-refractivity contribution >= 4 is 5.97 Å². The minimum Gasteiger partial charge on any atom is -0.493 e. The van der Waals surface area contributed by atoms with Crippen LogP contribution in [-0.2, 0) is 14.9 Å². The number of hydrogen-bond acceptors (Lipinski definition) is 4. The van der Waals surface area contributed by atoms with E-state index in [0.717, 1.165) is 31.2 Å². The fourth-order valence-corrected chi connectivity index (χ4v) is 2.92. The van der Waals surface area contributed by atoms with Crippen LogP contribution in [0.1, 0.15) is 31.2 Å². The van der Waals surface area contributed by atoms with Crippen molar-refractivity contribution in [2.75, 3.05) is 21.3 Å². The molecule has 2 rings (SSSR count). The van der Waals surface area contributed by atoms with Crippen molar-refractivity contribution in [2.24, 2.45) is 0 Å². The highest BCUT2D eigenvalue weighted by Crippen LogP contribution is 2.44. The lowest BCUT2D eigenvalue weighted by Crippen LogP contribution is -2.34. The van der Waals surface area contributed by atoms with E-state index in [-0.39, 0.29) is 5.97 Å². The van der Waals surface area contributed by atoms with Crippen LogP contribution in [-0.4, -0.2) is 27.3 Å². The predicted molar refractivity (Wildman–Crippen MR) is 71.7 cm³/mol. The van der Waals surface area contributed by atoms with Gasteiger partial charge < -0.3 is 14.2 Å². The third-order valence-electron chi connectivity index (χ3n) is 3.97. The van der Waals surface area contributed by atoms with Gasteiger partial charge in [0, 0.05) is 0 Å². The molecule has 0 aromatic heterocycles. The van der Waals surface area contributed by atoms with Gasteiger partial charge in [0.2, 0.25) is 0 Å². The molecule has 0 saturated heterocycles. The van der Waals surface area contributed by atoms with Crippen LogP contribution in [0.3, 0.4) is 0 Å². The molecule has 4 heteroatoms. The highest BCUT2D eigenvalue weighted by Gasteiger charge is 2.44. The first-order valence-corrected chi connectivity index (χ1v) is 6.49. The van der Waals surface area contributed by atoms with Gasteiger partial charge >= 0.3 is 5.97 Å². The average molecular weight is 264 g/mol. The smallest absolute Gasteiger partial charge is 0.316 e. The predicted octanol–water partition coefficient (Wildman–Crippen LogP) is 2.69. The molecule has 1 aliphatic carbocycles. The van der Waals surface area contributed by atoms with Crippen LogP contribution in [0.2, 0.25) is 0 Å². The second-order valence-corrected chi connectivity index (χ2v) is 4.85. The molecule has 0 spiro atoms. The molecule has 0 unspecified atom stereocenters. The second-order valence-electron chi connectivity index (χ2n) is 4.85. The number of esters is 1. The van der Waals surface area contributed by atoms with Crippen LogP contribution in [0.15, 0.2) is 18.2 Å². The molecule has 0 atom stereocenters. The Hall–Kier alpha value is -1.71. The molecule has 104 valence electrons. The van der Waals surface area contributed by atoms with Gasteiger partial charge in [0.15, 0.2) is 11.5 Å². The van der Waals surface area contributed by atoms with Crippen LogP contribution in [0.5, 0.6) is 11.5 Å². The largest absolute Gasteiger partial charge is 0.493 e. The van der Waals surface area contributed by atoms with E-state index in [1.54, 1.807) is 14.2 Å². The second kappa shape index (κ2) is 5.51. The monoisotopic (exact) mass is 264 g/mol. The molecule has 0 amide bonds. The molecule has 0 aliphatic heterocycles. The van der Waals surface area contributed by atoms with Crippen molar-refractivity contribution < 1.29 is 19.0 Å². The summed E-state index contributed by atoms with van der Waals surface area (Å²) in [4.78, 5) is 12.2. The van der Waals surface area contributed by atoms with E-state index in [1.165, 1.54) is 7.11 Å². The third kappa shape index (κ3) is 2.27. The molecule has 0 bridgehead atoms. The number of hydrogen-bond donors (Lipinski definition) is 0. The molecular weight excluding hydrogens is 244 g/mol. The molecule has 0 heterocycles. The summed E-state index contributed by atoms with van der Waals surface area (Å²) in [6.45, 7) is 0. The molecule has 19 heavy (non-hydrogen) atoms. The van der Waals surface area contributed by atoms with E-state index in [9.17, 15) is 4.79 Å². The summed E-state index contributed by atoms with van der Waals surface area (Å²) < 4.78 is 15.6. The summed E-state index contributed by atoms with van der Waals surface area (Å²) in [6, 6.07) is 5.67. The van der Waals surface area contributed by atoms with Crippen LogP contribution >= 0.6 is 0 Å². The Kier molecular flexibility index (Phi) is 3.98. The Morgan fingerprint density at radius 3 is 2.21 bits per heavy atom. The van der Waals surface area contributed by atoms with Gasteiger partial charge in [-0.25, -0.2) is 0 Å². The normalized spacial score (nSPS) is 17.0. The van der Waals surface area contributed by atoms with Gasteiger partial charge in [-0.3, -0.25) is 4.79 Å². The van der Waals surface area contributed by atoms with Crippen LogP contribution < -0.4 is 9.47 Å². The van der Waals surface area contributed by atoms with E-state index < -0.39 is 5.41 Å². The van der Waals surface area contributed by atoms with Crippen LogP contribution in [0.25, 0.3) is 0 Å². The van der Waals surface area contributed by atoms with Crippen molar-refractivity contribution in [1.82, 2.24) is 0 Å². The van der Waals surface area contributed by atoms with Crippen LogP contribution in [0.4, 0.5) is 0 Å². The summed E-state index contributed by atoms with van der Waals surface area (Å²) in [7, 11) is 4.65. The number of ether oxygens (including phenoxy) is 3. The Bertz CT molecular complexity index is 461. The Labute approximate surface area is 113 Å². The lowest BCUT2D eigenvalue weighted by Gasteiger charge is -2.27. The van der Waals surface area contributed by atoms with Gasteiger partial charge in [-0.15, -0.1) is 0 Å². The molecule has 1 aliphatic rings. The molecule has 4 nitrogen and oxygen atoms in total. The average Bonchev–Trinajstić information content (AvgIpc) is 2.96. The highest BCUT2D eigenvalue weighted by atomic mass is 16.5. The van der Waals surface area contributed by atoms with E-state index in [0.29, 0.717) is 11.5 Å². The van der Waals surface area contributed by atoms with Crippen molar-refractivity contribution in [3.05, 3.63) is 23.8 Å². The molecule has 1 fully saturated rings. The Morgan fingerprint density at radius 1 is 1.05 bits per heavy atom. The summed E-state index contributed by atoms with van der Waals surface area (Å²) in [5.74, 6) is 1.16. The highest BCUT2D eigenvalue weighted by molar-refractivity contribution is 5.83. The fraction of sp³-hybridized carbons (Fsp3) is 0.533. The van der Waals surface area contributed by atoms with Gasteiger partial charge in [-0.2, -0.15) is 0 Å². The van der Waals surface area contributed by atoms with E-state index in [4.69, 9.17) is 14.2 Å². The third-order valence-corrected chi connectivity index (χ3v) is 3.97. The molecule has 1 aromatic carbocycles. The van der Waals surface area contributed by atoms with Crippen LogP contribution in [0, 0.1) is 0 Å². The summed E-state index contributed by atoms with van der Waals surface area (Å²) >= 11 is 0. The topological polar surface area (TPSA) is 44.8 Å². The Balaban J connectivity index is 2.46. The number of carbonyl (C=O) groups is 1. The quantitative estimate of drug-likeness (QED) is 0.784. The molecule has 0 N–H and O–H groups in total. The lowest BCUT2D eigenvalue weighted by atomic mass is 9.79. The number of methoxy groups -OCH3 is 3. The first-order chi connectivity index (χ1) is 9.17. The van der Waals surface area contributed by atoms with Crippen molar-refractivity contribution in [2.45, 2.75) is 31.1 Å². The number of carbonyl (C=O) groups excluding carboxylic acids is 1. The maximum atomic E-state index is 12.2. The zero-order chi connectivity index (χ0) is 13.9. The number of rotatable bonds is 4. The van der Waals surface area contributed by atoms with E-state index in [1.807, 2.05) is 18.2 Å². The maximum Gasteiger partial charge on any atom is 0.316 e.